The molecule has 0 bridgehead atoms. The van der Waals surface area contributed by atoms with Crippen LogP contribution in [-0.2, 0) is 6.42 Å². The Morgan fingerprint density at radius 1 is 1.05 bits per heavy atom. The Bertz CT molecular complexity index is 574. The summed E-state index contributed by atoms with van der Waals surface area (Å²) in [6.07, 6.45) is 1.15. The van der Waals surface area contributed by atoms with Gasteiger partial charge in [-0.3, -0.25) is 0 Å². The van der Waals surface area contributed by atoms with Gasteiger partial charge in [0.1, 0.15) is 11.9 Å². The highest BCUT2D eigenvalue weighted by Crippen LogP contribution is 2.30. The van der Waals surface area contributed by atoms with Crippen LogP contribution in [0.25, 0.3) is 0 Å². The van der Waals surface area contributed by atoms with E-state index < -0.39 is 0 Å². The second kappa shape index (κ2) is 4.96. The summed E-state index contributed by atoms with van der Waals surface area (Å²) in [7, 11) is 0. The largest absolute Gasteiger partial charge is 0.486 e. The quantitative estimate of drug-likeness (QED) is 0.880. The molecule has 19 heavy (non-hydrogen) atoms. The normalized spacial score (nSPS) is 17.3. The van der Waals surface area contributed by atoms with Gasteiger partial charge in [-0.15, -0.1) is 0 Å². The SMILES string of the molecule is Cc1ccc(CC2CNc3cc(C)ccc3O2)cc1. The number of anilines is 1. The Kier molecular flexibility index (Phi) is 3.16. The standard InChI is InChI=1S/C17H19NO/c1-12-3-6-14(7-4-12)10-15-11-18-16-9-13(2)5-8-17(16)19-15/h3-9,15,18H,10-11H2,1-2H3. The lowest BCUT2D eigenvalue weighted by molar-refractivity contribution is 0.206. The number of ether oxygens (including phenoxy) is 1. The van der Waals surface area contributed by atoms with Crippen LogP contribution in [0.5, 0.6) is 5.75 Å². The van der Waals surface area contributed by atoms with E-state index in [4.69, 9.17) is 4.74 Å². The molecule has 0 radical (unpaired) electrons. The van der Waals surface area contributed by atoms with Crippen molar-refractivity contribution < 1.29 is 4.74 Å². The highest BCUT2D eigenvalue weighted by molar-refractivity contribution is 5.59. The molecular formula is C17H19NO. The van der Waals surface area contributed by atoms with E-state index in [1.807, 2.05) is 0 Å². The van der Waals surface area contributed by atoms with Crippen LogP contribution in [0, 0.1) is 13.8 Å². The van der Waals surface area contributed by atoms with Crippen LogP contribution in [0.3, 0.4) is 0 Å². The highest BCUT2D eigenvalue weighted by Gasteiger charge is 2.19. The molecule has 1 aliphatic rings. The van der Waals surface area contributed by atoms with Gasteiger partial charge in [-0.2, -0.15) is 0 Å². The van der Waals surface area contributed by atoms with Crippen molar-refractivity contribution >= 4 is 5.69 Å². The molecule has 3 rings (SSSR count). The third-order valence-corrected chi connectivity index (χ3v) is 3.53. The molecule has 0 saturated carbocycles. The van der Waals surface area contributed by atoms with E-state index in [0.29, 0.717) is 0 Å². The van der Waals surface area contributed by atoms with Crippen molar-refractivity contribution in [3.8, 4) is 5.75 Å². The minimum atomic E-state index is 0.206. The van der Waals surface area contributed by atoms with E-state index in [9.17, 15) is 0 Å². The van der Waals surface area contributed by atoms with E-state index in [-0.39, 0.29) is 6.10 Å². The summed E-state index contributed by atoms with van der Waals surface area (Å²) in [6, 6.07) is 15.0. The Hall–Kier alpha value is -1.96. The van der Waals surface area contributed by atoms with Crippen LogP contribution < -0.4 is 10.1 Å². The van der Waals surface area contributed by atoms with Crippen molar-refractivity contribution in [3.05, 3.63) is 59.2 Å². The molecule has 0 amide bonds. The zero-order chi connectivity index (χ0) is 13.2. The first-order chi connectivity index (χ1) is 9.20. The summed E-state index contributed by atoms with van der Waals surface area (Å²) < 4.78 is 6.06. The van der Waals surface area contributed by atoms with Crippen molar-refractivity contribution in [2.24, 2.45) is 0 Å². The fraction of sp³-hybridized carbons (Fsp3) is 0.294. The molecule has 2 aromatic carbocycles. The summed E-state index contributed by atoms with van der Waals surface area (Å²) in [5.74, 6) is 0.967. The first-order valence-corrected chi connectivity index (χ1v) is 6.77. The minimum absolute atomic E-state index is 0.206. The summed E-state index contributed by atoms with van der Waals surface area (Å²) in [5, 5.41) is 3.46. The zero-order valence-corrected chi connectivity index (χ0v) is 11.4. The maximum atomic E-state index is 6.06. The van der Waals surface area contributed by atoms with Gasteiger partial charge in [-0.05, 0) is 37.1 Å². The lowest BCUT2D eigenvalue weighted by atomic mass is 10.0. The topological polar surface area (TPSA) is 21.3 Å². The van der Waals surface area contributed by atoms with Crippen LogP contribution in [0.1, 0.15) is 16.7 Å². The number of hydrogen-bond donors (Lipinski definition) is 1. The Morgan fingerprint density at radius 3 is 2.58 bits per heavy atom. The first-order valence-electron chi connectivity index (χ1n) is 6.77. The summed E-state index contributed by atoms with van der Waals surface area (Å²) in [6.45, 7) is 5.08. The molecule has 1 atom stereocenters. The lowest BCUT2D eigenvalue weighted by Gasteiger charge is -2.27. The second-order valence-electron chi connectivity index (χ2n) is 5.31. The van der Waals surface area contributed by atoms with Gasteiger partial charge in [-0.1, -0.05) is 35.9 Å². The molecule has 1 aliphatic heterocycles. The van der Waals surface area contributed by atoms with Crippen LogP contribution in [0.2, 0.25) is 0 Å². The van der Waals surface area contributed by atoms with Gasteiger partial charge in [-0.25, -0.2) is 0 Å². The Labute approximate surface area is 114 Å². The smallest absolute Gasteiger partial charge is 0.142 e. The number of rotatable bonds is 2. The van der Waals surface area contributed by atoms with Gasteiger partial charge in [0.25, 0.3) is 0 Å². The fourth-order valence-electron chi connectivity index (χ4n) is 2.43. The molecule has 1 N–H and O–H groups in total. The van der Waals surface area contributed by atoms with E-state index >= 15 is 0 Å². The average Bonchev–Trinajstić information content (AvgIpc) is 2.42. The summed E-state index contributed by atoms with van der Waals surface area (Å²) in [5.41, 5.74) is 4.99. The van der Waals surface area contributed by atoms with Gasteiger partial charge < -0.3 is 10.1 Å². The predicted octanol–water partition coefficient (Wildman–Crippen LogP) is 3.72. The van der Waals surface area contributed by atoms with E-state index in [1.165, 1.54) is 16.7 Å². The van der Waals surface area contributed by atoms with Gasteiger partial charge >= 0.3 is 0 Å². The Morgan fingerprint density at radius 2 is 1.79 bits per heavy atom. The maximum absolute atomic E-state index is 6.06. The maximum Gasteiger partial charge on any atom is 0.142 e. The molecule has 98 valence electrons. The van der Waals surface area contributed by atoms with Gasteiger partial charge in [0, 0.05) is 6.42 Å². The highest BCUT2D eigenvalue weighted by atomic mass is 16.5. The molecule has 0 aliphatic carbocycles. The van der Waals surface area contributed by atoms with Gasteiger partial charge in [0.2, 0.25) is 0 Å². The third-order valence-electron chi connectivity index (χ3n) is 3.53. The van der Waals surface area contributed by atoms with Gasteiger partial charge in [0.05, 0.1) is 12.2 Å². The molecular weight excluding hydrogens is 234 g/mol. The molecule has 1 heterocycles. The molecule has 2 heteroatoms. The molecule has 0 fully saturated rings. The third kappa shape index (κ3) is 2.73. The lowest BCUT2D eigenvalue weighted by Crippen LogP contribution is -2.32. The van der Waals surface area contributed by atoms with Crippen molar-refractivity contribution in [1.29, 1.82) is 0 Å². The predicted molar refractivity (Wildman–Crippen MR) is 79.0 cm³/mol. The first kappa shape index (κ1) is 12.1. The van der Waals surface area contributed by atoms with Crippen molar-refractivity contribution in [3.63, 3.8) is 0 Å². The van der Waals surface area contributed by atoms with Crippen molar-refractivity contribution in [1.82, 2.24) is 0 Å². The molecule has 0 aromatic heterocycles. The number of fused-ring (bicyclic) bond motifs is 1. The van der Waals surface area contributed by atoms with E-state index in [2.05, 4.69) is 61.6 Å². The molecule has 0 spiro atoms. The van der Waals surface area contributed by atoms with Crippen LogP contribution in [0.4, 0.5) is 5.69 Å². The second-order valence-corrected chi connectivity index (χ2v) is 5.31. The number of nitrogens with one attached hydrogen (secondary N) is 1. The zero-order valence-electron chi connectivity index (χ0n) is 11.4. The fourth-order valence-corrected chi connectivity index (χ4v) is 2.43. The van der Waals surface area contributed by atoms with E-state index in [1.54, 1.807) is 0 Å². The Balaban J connectivity index is 1.72. The number of benzene rings is 2. The summed E-state index contributed by atoms with van der Waals surface area (Å²) in [4.78, 5) is 0. The number of hydrogen-bond acceptors (Lipinski definition) is 2. The van der Waals surface area contributed by atoms with Crippen molar-refractivity contribution in [2.45, 2.75) is 26.4 Å². The average molecular weight is 253 g/mol. The summed E-state index contributed by atoms with van der Waals surface area (Å²) >= 11 is 0. The van der Waals surface area contributed by atoms with Gasteiger partial charge in [0.15, 0.2) is 0 Å². The molecule has 2 aromatic rings. The molecule has 2 nitrogen and oxygen atoms in total. The minimum Gasteiger partial charge on any atom is -0.486 e. The molecule has 1 unspecified atom stereocenters. The van der Waals surface area contributed by atoms with Crippen LogP contribution >= 0.6 is 0 Å². The van der Waals surface area contributed by atoms with Crippen LogP contribution in [0.15, 0.2) is 42.5 Å². The molecule has 0 saturated heterocycles. The van der Waals surface area contributed by atoms with Crippen molar-refractivity contribution in [2.75, 3.05) is 11.9 Å². The van der Waals surface area contributed by atoms with Crippen LogP contribution in [-0.4, -0.2) is 12.6 Å². The van der Waals surface area contributed by atoms with E-state index in [0.717, 1.165) is 24.4 Å². The monoisotopic (exact) mass is 253 g/mol. The number of aryl methyl sites for hydroxylation is 2.